The van der Waals surface area contributed by atoms with Crippen molar-refractivity contribution in [1.82, 2.24) is 19.7 Å². The van der Waals surface area contributed by atoms with E-state index in [1.54, 1.807) is 23.8 Å². The summed E-state index contributed by atoms with van der Waals surface area (Å²) in [6.45, 7) is 4.32. The van der Waals surface area contributed by atoms with Crippen LogP contribution in [0, 0.1) is 11.3 Å². The molecule has 1 N–H and O–H groups in total. The number of para-hydroxylation sites is 1. The Morgan fingerprint density at radius 1 is 1.42 bits per heavy atom. The summed E-state index contributed by atoms with van der Waals surface area (Å²) in [5, 5.41) is 15.9. The van der Waals surface area contributed by atoms with Gasteiger partial charge in [0.1, 0.15) is 18.4 Å². The summed E-state index contributed by atoms with van der Waals surface area (Å²) in [7, 11) is 1.70. The number of ether oxygens (including phenoxy) is 2. The summed E-state index contributed by atoms with van der Waals surface area (Å²) in [5.74, 6) is 1.31. The highest BCUT2D eigenvalue weighted by atomic mass is 16.5. The fraction of sp³-hybridized carbons (Fsp3) is 0.500. The lowest BCUT2D eigenvalue weighted by atomic mass is 10.2. The lowest BCUT2D eigenvalue weighted by Gasteiger charge is -2.23. The highest BCUT2D eigenvalue weighted by molar-refractivity contribution is 5.42. The van der Waals surface area contributed by atoms with Gasteiger partial charge in [-0.25, -0.2) is 9.89 Å². The summed E-state index contributed by atoms with van der Waals surface area (Å²) in [6, 6.07) is 9.31. The van der Waals surface area contributed by atoms with Gasteiger partial charge in [-0.1, -0.05) is 12.1 Å². The molecule has 1 aromatic heterocycles. The summed E-state index contributed by atoms with van der Waals surface area (Å²) < 4.78 is 13.0. The number of aromatic amines is 1. The highest BCUT2D eigenvalue weighted by Gasteiger charge is 2.36. The van der Waals surface area contributed by atoms with Crippen LogP contribution in [0.2, 0.25) is 0 Å². The van der Waals surface area contributed by atoms with Gasteiger partial charge in [0.15, 0.2) is 5.82 Å². The Morgan fingerprint density at radius 3 is 2.96 bits per heavy atom. The van der Waals surface area contributed by atoms with E-state index >= 15 is 0 Å². The Morgan fingerprint density at radius 2 is 2.23 bits per heavy atom. The topological polar surface area (TPSA) is 96.2 Å². The van der Waals surface area contributed by atoms with Gasteiger partial charge in [0.2, 0.25) is 0 Å². The van der Waals surface area contributed by atoms with Crippen molar-refractivity contribution in [1.29, 1.82) is 5.26 Å². The number of rotatable bonds is 7. The standard InChI is InChI=1S/C18H23N5O3/c1-3-23-17(20-21-18(23)24)15-10-14(25-2)12-22(15)8-9-26-16-7-5-4-6-13(16)11-19/h4-7,14-15H,3,8-10,12H2,1-2H3,(H,21,24)/t14-,15-/m0/s1. The molecule has 1 aromatic carbocycles. The van der Waals surface area contributed by atoms with Crippen molar-refractivity contribution in [2.45, 2.75) is 32.0 Å². The molecule has 8 nitrogen and oxygen atoms in total. The van der Waals surface area contributed by atoms with Gasteiger partial charge in [0.25, 0.3) is 0 Å². The molecule has 0 saturated carbocycles. The first-order valence-electron chi connectivity index (χ1n) is 8.71. The van der Waals surface area contributed by atoms with E-state index < -0.39 is 0 Å². The van der Waals surface area contributed by atoms with Crippen LogP contribution in [0.5, 0.6) is 5.75 Å². The first-order valence-corrected chi connectivity index (χ1v) is 8.71. The molecule has 1 saturated heterocycles. The molecule has 2 atom stereocenters. The molecule has 3 rings (SSSR count). The maximum absolute atomic E-state index is 11.9. The molecule has 2 heterocycles. The Balaban J connectivity index is 1.70. The number of nitrogens with zero attached hydrogens (tertiary/aromatic N) is 4. The van der Waals surface area contributed by atoms with Gasteiger partial charge in [-0.3, -0.25) is 9.47 Å². The Bertz CT molecular complexity index is 838. The van der Waals surface area contributed by atoms with E-state index in [2.05, 4.69) is 21.2 Å². The minimum Gasteiger partial charge on any atom is -0.491 e. The van der Waals surface area contributed by atoms with Crippen LogP contribution in [0.1, 0.15) is 30.8 Å². The van der Waals surface area contributed by atoms with Gasteiger partial charge in [-0.05, 0) is 25.5 Å². The third-order valence-corrected chi connectivity index (χ3v) is 4.74. The van der Waals surface area contributed by atoms with Crippen LogP contribution in [-0.2, 0) is 11.3 Å². The summed E-state index contributed by atoms with van der Waals surface area (Å²) in [4.78, 5) is 14.1. The Kier molecular flexibility index (Phi) is 5.71. The normalized spacial score (nSPS) is 20.2. The molecule has 26 heavy (non-hydrogen) atoms. The van der Waals surface area contributed by atoms with Crippen molar-refractivity contribution in [3.8, 4) is 11.8 Å². The minimum atomic E-state index is -0.192. The third-order valence-electron chi connectivity index (χ3n) is 4.74. The molecular weight excluding hydrogens is 334 g/mol. The smallest absolute Gasteiger partial charge is 0.343 e. The van der Waals surface area contributed by atoms with Gasteiger partial charge in [0.05, 0.1) is 17.7 Å². The number of aromatic nitrogens is 3. The second-order valence-electron chi connectivity index (χ2n) is 6.19. The molecule has 0 radical (unpaired) electrons. The number of hydrogen-bond acceptors (Lipinski definition) is 6. The average Bonchev–Trinajstić information content (AvgIpc) is 3.24. The molecule has 8 heteroatoms. The zero-order valence-corrected chi connectivity index (χ0v) is 15.0. The number of likely N-dealkylation sites (tertiary alicyclic amines) is 1. The molecule has 1 aliphatic heterocycles. The van der Waals surface area contributed by atoms with Crippen LogP contribution in [0.3, 0.4) is 0 Å². The second kappa shape index (κ2) is 8.17. The van der Waals surface area contributed by atoms with Crippen LogP contribution in [0.15, 0.2) is 29.1 Å². The SMILES string of the molecule is CCn1c([C@@H]2C[C@H](OC)CN2CCOc2ccccc2C#N)n[nH]c1=O. The van der Waals surface area contributed by atoms with E-state index in [1.165, 1.54) is 0 Å². The number of benzene rings is 1. The van der Waals surface area contributed by atoms with E-state index in [0.717, 1.165) is 18.8 Å². The average molecular weight is 357 g/mol. The predicted molar refractivity (Wildman–Crippen MR) is 94.9 cm³/mol. The van der Waals surface area contributed by atoms with Crippen molar-refractivity contribution >= 4 is 0 Å². The van der Waals surface area contributed by atoms with E-state index in [0.29, 0.717) is 31.0 Å². The lowest BCUT2D eigenvalue weighted by Crippen LogP contribution is -2.31. The molecule has 0 amide bonds. The van der Waals surface area contributed by atoms with Gasteiger partial charge >= 0.3 is 5.69 Å². The fourth-order valence-electron chi connectivity index (χ4n) is 3.40. The van der Waals surface area contributed by atoms with Crippen LogP contribution in [0.25, 0.3) is 0 Å². The van der Waals surface area contributed by atoms with E-state index in [-0.39, 0.29) is 17.8 Å². The van der Waals surface area contributed by atoms with Crippen molar-refractivity contribution in [2.75, 3.05) is 26.8 Å². The number of H-pyrrole nitrogens is 1. The lowest BCUT2D eigenvalue weighted by molar-refractivity contribution is 0.105. The zero-order valence-electron chi connectivity index (χ0n) is 15.0. The summed E-state index contributed by atoms with van der Waals surface area (Å²) in [5.41, 5.74) is 0.329. The van der Waals surface area contributed by atoms with Crippen molar-refractivity contribution in [3.63, 3.8) is 0 Å². The quantitative estimate of drug-likeness (QED) is 0.802. The first kappa shape index (κ1) is 18.2. The zero-order chi connectivity index (χ0) is 18.5. The number of methoxy groups -OCH3 is 1. The molecule has 0 aliphatic carbocycles. The monoisotopic (exact) mass is 357 g/mol. The number of nitrogens with one attached hydrogen (secondary N) is 1. The Hall–Kier alpha value is -2.63. The van der Waals surface area contributed by atoms with Crippen LogP contribution >= 0.6 is 0 Å². The third kappa shape index (κ3) is 3.64. The maximum Gasteiger partial charge on any atom is 0.343 e. The molecule has 138 valence electrons. The molecule has 2 aromatic rings. The highest BCUT2D eigenvalue weighted by Crippen LogP contribution is 2.31. The van der Waals surface area contributed by atoms with Gasteiger partial charge in [-0.15, -0.1) is 0 Å². The van der Waals surface area contributed by atoms with Crippen LogP contribution in [-0.4, -0.2) is 52.6 Å². The summed E-state index contributed by atoms with van der Waals surface area (Å²) in [6.07, 6.45) is 0.860. The molecule has 0 unspecified atom stereocenters. The van der Waals surface area contributed by atoms with Gasteiger partial charge in [0, 0.05) is 26.7 Å². The molecule has 0 bridgehead atoms. The summed E-state index contributed by atoms with van der Waals surface area (Å²) >= 11 is 0. The van der Waals surface area contributed by atoms with E-state index in [9.17, 15) is 4.79 Å². The van der Waals surface area contributed by atoms with Gasteiger partial charge < -0.3 is 9.47 Å². The Labute approximate surface area is 151 Å². The van der Waals surface area contributed by atoms with Crippen LogP contribution in [0.4, 0.5) is 0 Å². The molecule has 1 aliphatic rings. The maximum atomic E-state index is 11.9. The predicted octanol–water partition coefficient (Wildman–Crippen LogP) is 1.30. The fourth-order valence-corrected chi connectivity index (χ4v) is 3.40. The van der Waals surface area contributed by atoms with E-state index in [1.807, 2.05) is 19.1 Å². The van der Waals surface area contributed by atoms with Crippen molar-refractivity contribution in [3.05, 3.63) is 46.1 Å². The molecule has 0 spiro atoms. The van der Waals surface area contributed by atoms with Gasteiger partial charge in [-0.2, -0.15) is 10.4 Å². The second-order valence-corrected chi connectivity index (χ2v) is 6.19. The number of nitriles is 1. The number of hydrogen-bond donors (Lipinski definition) is 1. The van der Waals surface area contributed by atoms with Crippen molar-refractivity contribution in [2.24, 2.45) is 0 Å². The molecule has 1 fully saturated rings. The van der Waals surface area contributed by atoms with Crippen molar-refractivity contribution < 1.29 is 9.47 Å². The van der Waals surface area contributed by atoms with E-state index in [4.69, 9.17) is 14.7 Å². The minimum absolute atomic E-state index is 0.00587. The largest absolute Gasteiger partial charge is 0.491 e. The van der Waals surface area contributed by atoms with Crippen LogP contribution < -0.4 is 10.4 Å². The first-order chi connectivity index (χ1) is 12.7. The molecular formula is C18H23N5O3.